The molecule has 0 saturated heterocycles. The monoisotopic (exact) mass is 416 g/mol. The normalized spacial score (nSPS) is 13.3. The van der Waals surface area contributed by atoms with Gasteiger partial charge in [-0.3, -0.25) is 14.3 Å². The third-order valence-corrected chi connectivity index (χ3v) is 6.00. The number of hydrogen-bond donors (Lipinski definition) is 1. The standard InChI is InChI=1S/C21H28N4O3S/c1-3-12-29-13-4-9-22-20(26)15-24-10-11-25-19(21(24)27)14-18(23-25)16-5-7-17(28-2)8-6-16/h5-8,14H,3-4,9-13,15H2,1-2H3,(H,22,26). The molecule has 1 N–H and O–H groups in total. The Morgan fingerprint density at radius 1 is 1.24 bits per heavy atom. The van der Waals surface area contributed by atoms with Crippen molar-refractivity contribution in [3.8, 4) is 17.0 Å². The van der Waals surface area contributed by atoms with Crippen molar-refractivity contribution in [3.05, 3.63) is 36.0 Å². The van der Waals surface area contributed by atoms with E-state index >= 15 is 0 Å². The molecule has 1 aromatic heterocycles. The summed E-state index contributed by atoms with van der Waals surface area (Å²) in [5.41, 5.74) is 2.18. The highest BCUT2D eigenvalue weighted by molar-refractivity contribution is 7.99. The Labute approximate surface area is 175 Å². The summed E-state index contributed by atoms with van der Waals surface area (Å²) in [7, 11) is 1.62. The summed E-state index contributed by atoms with van der Waals surface area (Å²) in [6.07, 6.45) is 2.12. The number of nitrogens with one attached hydrogen (secondary N) is 1. The Balaban J connectivity index is 1.55. The van der Waals surface area contributed by atoms with Crippen LogP contribution in [0.1, 0.15) is 30.3 Å². The minimum atomic E-state index is -0.155. The van der Waals surface area contributed by atoms with E-state index in [4.69, 9.17) is 4.74 Å². The maximum Gasteiger partial charge on any atom is 0.272 e. The van der Waals surface area contributed by atoms with Crippen LogP contribution in [0.15, 0.2) is 30.3 Å². The molecular weight excluding hydrogens is 388 g/mol. The van der Waals surface area contributed by atoms with Crippen molar-refractivity contribution in [1.82, 2.24) is 20.0 Å². The Morgan fingerprint density at radius 3 is 2.76 bits per heavy atom. The van der Waals surface area contributed by atoms with Crippen LogP contribution < -0.4 is 10.1 Å². The van der Waals surface area contributed by atoms with Crippen molar-refractivity contribution in [2.45, 2.75) is 26.3 Å². The van der Waals surface area contributed by atoms with E-state index in [1.165, 1.54) is 6.42 Å². The lowest BCUT2D eigenvalue weighted by Crippen LogP contribution is -2.46. The zero-order valence-corrected chi connectivity index (χ0v) is 17.8. The van der Waals surface area contributed by atoms with Crippen LogP contribution in [0.3, 0.4) is 0 Å². The first-order valence-electron chi connectivity index (χ1n) is 9.98. The lowest BCUT2D eigenvalue weighted by molar-refractivity contribution is -0.121. The Kier molecular flexibility index (Phi) is 7.57. The highest BCUT2D eigenvalue weighted by Gasteiger charge is 2.28. The van der Waals surface area contributed by atoms with Crippen LogP contribution in [0.25, 0.3) is 11.3 Å². The topological polar surface area (TPSA) is 76.5 Å². The van der Waals surface area contributed by atoms with E-state index in [0.29, 0.717) is 25.3 Å². The van der Waals surface area contributed by atoms with Crippen LogP contribution in [-0.4, -0.2) is 64.7 Å². The number of benzene rings is 1. The molecule has 1 aromatic carbocycles. The number of aromatic nitrogens is 2. The van der Waals surface area contributed by atoms with Gasteiger partial charge >= 0.3 is 0 Å². The molecule has 8 heteroatoms. The zero-order valence-electron chi connectivity index (χ0n) is 17.0. The Morgan fingerprint density at radius 2 is 2.03 bits per heavy atom. The summed E-state index contributed by atoms with van der Waals surface area (Å²) in [5.74, 6) is 2.71. The first-order valence-corrected chi connectivity index (χ1v) is 11.1. The summed E-state index contributed by atoms with van der Waals surface area (Å²) in [6, 6.07) is 9.36. The summed E-state index contributed by atoms with van der Waals surface area (Å²) < 4.78 is 6.90. The first-order chi connectivity index (χ1) is 14.1. The average Bonchev–Trinajstić information content (AvgIpc) is 3.18. The second-order valence-corrected chi connectivity index (χ2v) is 8.13. The van der Waals surface area contributed by atoms with Crippen molar-refractivity contribution in [3.63, 3.8) is 0 Å². The molecule has 0 saturated carbocycles. The van der Waals surface area contributed by atoms with E-state index in [9.17, 15) is 9.59 Å². The summed E-state index contributed by atoms with van der Waals surface area (Å²) >= 11 is 1.90. The molecule has 0 radical (unpaired) electrons. The van der Waals surface area contributed by atoms with Crippen molar-refractivity contribution >= 4 is 23.6 Å². The summed E-state index contributed by atoms with van der Waals surface area (Å²) in [6.45, 7) is 3.96. The number of carbonyl (C=O) groups excluding carboxylic acids is 2. The largest absolute Gasteiger partial charge is 0.497 e. The predicted octanol–water partition coefficient (Wildman–Crippen LogP) is 2.66. The number of hydrogen-bond acceptors (Lipinski definition) is 5. The maximum atomic E-state index is 12.8. The molecule has 1 aliphatic heterocycles. The minimum absolute atomic E-state index is 0.0873. The number of carbonyl (C=O) groups is 2. The quantitative estimate of drug-likeness (QED) is 0.603. The molecule has 1 aliphatic rings. The van der Waals surface area contributed by atoms with Crippen LogP contribution in [0.2, 0.25) is 0 Å². The second-order valence-electron chi connectivity index (χ2n) is 6.91. The zero-order chi connectivity index (χ0) is 20.6. The highest BCUT2D eigenvalue weighted by atomic mass is 32.2. The first kappa shape index (κ1) is 21.2. The third-order valence-electron chi connectivity index (χ3n) is 4.72. The van der Waals surface area contributed by atoms with Gasteiger partial charge in [-0.15, -0.1) is 0 Å². The smallest absolute Gasteiger partial charge is 0.272 e. The van der Waals surface area contributed by atoms with Gasteiger partial charge < -0.3 is 15.0 Å². The van der Waals surface area contributed by atoms with Crippen molar-refractivity contribution in [2.24, 2.45) is 0 Å². The van der Waals surface area contributed by atoms with Crippen molar-refractivity contribution < 1.29 is 14.3 Å². The van der Waals surface area contributed by atoms with Gasteiger partial charge in [-0.25, -0.2) is 0 Å². The third kappa shape index (κ3) is 5.53. The van der Waals surface area contributed by atoms with E-state index in [1.54, 1.807) is 22.8 Å². The van der Waals surface area contributed by atoms with E-state index in [1.807, 2.05) is 36.0 Å². The average molecular weight is 417 g/mol. The lowest BCUT2D eigenvalue weighted by atomic mass is 10.1. The molecule has 7 nitrogen and oxygen atoms in total. The van der Waals surface area contributed by atoms with Gasteiger partial charge in [0.05, 0.1) is 25.9 Å². The van der Waals surface area contributed by atoms with Crippen LogP contribution in [0.4, 0.5) is 0 Å². The molecule has 0 bridgehead atoms. The highest BCUT2D eigenvalue weighted by Crippen LogP contribution is 2.24. The molecule has 3 rings (SSSR count). The lowest BCUT2D eigenvalue weighted by Gasteiger charge is -2.26. The fourth-order valence-corrected chi connectivity index (χ4v) is 4.01. The van der Waals surface area contributed by atoms with Gasteiger partial charge in [-0.1, -0.05) is 6.92 Å². The van der Waals surface area contributed by atoms with Gasteiger partial charge in [0.1, 0.15) is 11.4 Å². The number of rotatable bonds is 10. The van der Waals surface area contributed by atoms with E-state index in [0.717, 1.165) is 34.9 Å². The molecule has 0 spiro atoms. The van der Waals surface area contributed by atoms with Gasteiger partial charge in [0.25, 0.3) is 5.91 Å². The minimum Gasteiger partial charge on any atom is -0.497 e. The fraction of sp³-hybridized carbons (Fsp3) is 0.476. The summed E-state index contributed by atoms with van der Waals surface area (Å²) in [4.78, 5) is 26.6. The number of thioether (sulfide) groups is 1. The number of ether oxygens (including phenoxy) is 1. The summed E-state index contributed by atoms with van der Waals surface area (Å²) in [5, 5.41) is 7.46. The van der Waals surface area contributed by atoms with E-state index in [-0.39, 0.29) is 18.4 Å². The Hall–Kier alpha value is -2.48. The van der Waals surface area contributed by atoms with Gasteiger partial charge in [-0.05, 0) is 54.7 Å². The number of methoxy groups -OCH3 is 1. The van der Waals surface area contributed by atoms with Crippen LogP contribution >= 0.6 is 11.8 Å². The van der Waals surface area contributed by atoms with Crippen LogP contribution in [-0.2, 0) is 11.3 Å². The molecule has 0 atom stereocenters. The van der Waals surface area contributed by atoms with Gasteiger partial charge in [0.15, 0.2) is 0 Å². The van der Waals surface area contributed by atoms with Crippen LogP contribution in [0, 0.1) is 0 Å². The van der Waals surface area contributed by atoms with Gasteiger partial charge in [0.2, 0.25) is 5.91 Å². The molecule has 0 unspecified atom stereocenters. The van der Waals surface area contributed by atoms with E-state index in [2.05, 4.69) is 17.3 Å². The van der Waals surface area contributed by atoms with Crippen LogP contribution in [0.5, 0.6) is 5.75 Å². The molecule has 2 amide bonds. The SMILES string of the molecule is CCCSCCCNC(=O)CN1CCn2nc(-c3ccc(OC)cc3)cc2C1=O. The molecule has 2 heterocycles. The Bertz CT molecular complexity index is 835. The number of fused-ring (bicyclic) bond motifs is 1. The molecule has 29 heavy (non-hydrogen) atoms. The van der Waals surface area contributed by atoms with Crippen molar-refractivity contribution in [2.75, 3.05) is 38.2 Å². The fourth-order valence-electron chi connectivity index (χ4n) is 3.17. The maximum absolute atomic E-state index is 12.8. The number of nitrogens with zero attached hydrogens (tertiary/aromatic N) is 3. The molecule has 156 valence electrons. The second kappa shape index (κ2) is 10.3. The molecule has 0 aliphatic carbocycles. The predicted molar refractivity (Wildman–Crippen MR) is 115 cm³/mol. The molecular formula is C21H28N4O3S. The molecule has 2 aromatic rings. The van der Waals surface area contributed by atoms with Gasteiger partial charge in [-0.2, -0.15) is 16.9 Å². The van der Waals surface area contributed by atoms with Crippen molar-refractivity contribution in [1.29, 1.82) is 0 Å². The number of amides is 2. The van der Waals surface area contributed by atoms with E-state index < -0.39 is 0 Å². The molecule has 0 fully saturated rings. The van der Waals surface area contributed by atoms with Gasteiger partial charge in [0, 0.05) is 18.7 Å².